The molecule has 1 aliphatic heterocycles. The molecule has 6 nitrogen and oxygen atoms in total. The van der Waals surface area contributed by atoms with Crippen LogP contribution in [0.5, 0.6) is 0 Å². The highest BCUT2D eigenvalue weighted by molar-refractivity contribution is 5.94. The zero-order chi connectivity index (χ0) is 14.4. The molecule has 0 radical (unpaired) electrons. The Morgan fingerprint density at radius 1 is 1.30 bits per heavy atom. The quantitative estimate of drug-likeness (QED) is 0.804. The van der Waals surface area contributed by atoms with Crippen LogP contribution < -0.4 is 11.3 Å². The van der Waals surface area contributed by atoms with E-state index in [-0.39, 0.29) is 11.5 Å². The molecule has 1 aliphatic rings. The van der Waals surface area contributed by atoms with E-state index in [1.807, 2.05) is 4.90 Å². The average Bonchev–Trinajstić information content (AvgIpc) is 2.70. The average molecular weight is 278 g/mol. The van der Waals surface area contributed by atoms with Crippen LogP contribution in [-0.4, -0.2) is 60.0 Å². The van der Waals surface area contributed by atoms with Crippen molar-refractivity contribution < 1.29 is 4.79 Å². The van der Waals surface area contributed by atoms with E-state index in [2.05, 4.69) is 9.88 Å². The van der Waals surface area contributed by atoms with Gasteiger partial charge in [0.1, 0.15) is 0 Å². The minimum absolute atomic E-state index is 0.0585. The number of hydrogen-bond acceptors (Lipinski definition) is 4. The lowest BCUT2D eigenvalue weighted by Crippen LogP contribution is -2.36. The second-order valence-electron chi connectivity index (χ2n) is 5.07. The first-order chi connectivity index (χ1) is 9.70. The van der Waals surface area contributed by atoms with E-state index in [1.54, 1.807) is 6.07 Å². The number of nitrogens with two attached hydrogens (primary N) is 1. The molecule has 6 heteroatoms. The van der Waals surface area contributed by atoms with Crippen molar-refractivity contribution in [2.24, 2.45) is 5.73 Å². The summed E-state index contributed by atoms with van der Waals surface area (Å²) in [5, 5.41) is 0. The summed E-state index contributed by atoms with van der Waals surface area (Å²) < 4.78 is 0. The van der Waals surface area contributed by atoms with Gasteiger partial charge >= 0.3 is 0 Å². The number of pyridine rings is 1. The molecule has 1 aromatic heterocycles. The lowest BCUT2D eigenvalue weighted by molar-refractivity contribution is 0.0761. The molecule has 2 rings (SSSR count). The minimum Gasteiger partial charge on any atom is -0.337 e. The van der Waals surface area contributed by atoms with Gasteiger partial charge in [-0.1, -0.05) is 0 Å². The van der Waals surface area contributed by atoms with Gasteiger partial charge in [0.25, 0.3) is 5.91 Å². The maximum Gasteiger partial charge on any atom is 0.254 e. The number of amides is 1. The highest BCUT2D eigenvalue weighted by Gasteiger charge is 2.20. The van der Waals surface area contributed by atoms with E-state index < -0.39 is 0 Å². The Balaban J connectivity index is 1.96. The number of rotatable bonds is 4. The van der Waals surface area contributed by atoms with Gasteiger partial charge in [-0.25, -0.2) is 0 Å². The lowest BCUT2D eigenvalue weighted by atomic mass is 10.2. The first-order valence-corrected chi connectivity index (χ1v) is 7.11. The third-order valence-electron chi connectivity index (χ3n) is 3.58. The number of carbonyl (C=O) groups excluding carboxylic acids is 1. The molecule has 20 heavy (non-hydrogen) atoms. The van der Waals surface area contributed by atoms with Gasteiger partial charge in [-0.05, 0) is 38.5 Å². The molecule has 0 bridgehead atoms. The number of H-pyrrole nitrogens is 1. The van der Waals surface area contributed by atoms with Crippen molar-refractivity contribution >= 4 is 5.91 Å². The fourth-order valence-electron chi connectivity index (χ4n) is 2.47. The summed E-state index contributed by atoms with van der Waals surface area (Å²) in [6, 6.07) is 3.01. The van der Waals surface area contributed by atoms with Gasteiger partial charge in [-0.15, -0.1) is 0 Å². The molecule has 1 fully saturated rings. The van der Waals surface area contributed by atoms with Crippen LogP contribution in [-0.2, 0) is 0 Å². The largest absolute Gasteiger partial charge is 0.337 e. The van der Waals surface area contributed by atoms with Gasteiger partial charge in [-0.2, -0.15) is 0 Å². The summed E-state index contributed by atoms with van der Waals surface area (Å²) in [5.74, 6) is -0.0585. The third-order valence-corrected chi connectivity index (χ3v) is 3.58. The van der Waals surface area contributed by atoms with E-state index in [4.69, 9.17) is 5.73 Å². The number of aromatic nitrogens is 1. The number of nitrogens with one attached hydrogen (secondary N) is 1. The second kappa shape index (κ2) is 7.21. The van der Waals surface area contributed by atoms with Crippen molar-refractivity contribution in [2.75, 3.05) is 39.3 Å². The van der Waals surface area contributed by atoms with E-state index in [0.29, 0.717) is 18.7 Å². The molecule has 0 saturated carbocycles. The predicted octanol–water partition coefficient (Wildman–Crippen LogP) is -0.128. The summed E-state index contributed by atoms with van der Waals surface area (Å²) in [7, 11) is 0. The summed E-state index contributed by atoms with van der Waals surface area (Å²) in [4.78, 5) is 30.3. The standard InChI is InChI=1S/C14H22N4O2/c15-4-1-6-17-7-2-8-18(10-9-17)14(20)12-3-5-16-13(19)11-12/h3,5,11H,1-2,4,6-10,15H2,(H,16,19). The molecule has 1 amide bonds. The first-order valence-electron chi connectivity index (χ1n) is 7.11. The number of carbonyl (C=O) groups is 1. The minimum atomic E-state index is -0.241. The molecule has 0 spiro atoms. The van der Waals surface area contributed by atoms with Crippen molar-refractivity contribution in [3.05, 3.63) is 34.2 Å². The Morgan fingerprint density at radius 3 is 2.90 bits per heavy atom. The Morgan fingerprint density at radius 2 is 2.15 bits per heavy atom. The topological polar surface area (TPSA) is 82.4 Å². The van der Waals surface area contributed by atoms with Crippen LogP contribution in [0, 0.1) is 0 Å². The van der Waals surface area contributed by atoms with Crippen LogP contribution in [0.1, 0.15) is 23.2 Å². The summed E-state index contributed by atoms with van der Waals surface area (Å²) in [6.07, 6.45) is 3.46. The van der Waals surface area contributed by atoms with Gasteiger partial charge in [0.2, 0.25) is 5.56 Å². The number of aromatic amines is 1. The number of nitrogens with zero attached hydrogens (tertiary/aromatic N) is 2. The van der Waals surface area contributed by atoms with Crippen molar-refractivity contribution in [2.45, 2.75) is 12.8 Å². The van der Waals surface area contributed by atoms with E-state index >= 15 is 0 Å². The van der Waals surface area contributed by atoms with Gasteiger partial charge in [0.05, 0.1) is 0 Å². The van der Waals surface area contributed by atoms with Crippen LogP contribution in [0.25, 0.3) is 0 Å². The van der Waals surface area contributed by atoms with Crippen molar-refractivity contribution in [1.29, 1.82) is 0 Å². The van der Waals surface area contributed by atoms with Gasteiger partial charge in [0, 0.05) is 37.5 Å². The fraction of sp³-hybridized carbons (Fsp3) is 0.571. The molecular weight excluding hydrogens is 256 g/mol. The van der Waals surface area contributed by atoms with Crippen molar-refractivity contribution in [3.8, 4) is 0 Å². The first kappa shape index (κ1) is 14.7. The zero-order valence-electron chi connectivity index (χ0n) is 11.7. The van der Waals surface area contributed by atoms with Gasteiger partial charge in [0.15, 0.2) is 0 Å². The maximum absolute atomic E-state index is 12.4. The lowest BCUT2D eigenvalue weighted by Gasteiger charge is -2.21. The van der Waals surface area contributed by atoms with E-state index in [1.165, 1.54) is 12.3 Å². The smallest absolute Gasteiger partial charge is 0.254 e. The fourth-order valence-corrected chi connectivity index (χ4v) is 2.47. The summed E-state index contributed by atoms with van der Waals surface area (Å²) in [6.45, 7) is 5.00. The molecule has 1 aromatic rings. The molecular formula is C14H22N4O2. The Labute approximate surface area is 118 Å². The molecule has 0 aromatic carbocycles. The highest BCUT2D eigenvalue weighted by atomic mass is 16.2. The third kappa shape index (κ3) is 3.91. The molecule has 0 unspecified atom stereocenters. The van der Waals surface area contributed by atoms with Gasteiger partial charge in [-0.3, -0.25) is 9.59 Å². The molecule has 0 atom stereocenters. The molecule has 2 heterocycles. The highest BCUT2D eigenvalue weighted by Crippen LogP contribution is 2.08. The Kier molecular flexibility index (Phi) is 5.31. The normalized spacial score (nSPS) is 16.9. The molecule has 1 saturated heterocycles. The Hall–Kier alpha value is -1.66. The van der Waals surface area contributed by atoms with Crippen molar-refractivity contribution in [3.63, 3.8) is 0 Å². The molecule has 0 aliphatic carbocycles. The zero-order valence-corrected chi connectivity index (χ0v) is 11.7. The van der Waals surface area contributed by atoms with Crippen LogP contribution in [0.2, 0.25) is 0 Å². The Bertz CT molecular complexity index is 500. The van der Waals surface area contributed by atoms with Crippen LogP contribution in [0.4, 0.5) is 0 Å². The SMILES string of the molecule is NCCCN1CCCN(C(=O)c2cc[nH]c(=O)c2)CC1. The molecule has 110 valence electrons. The summed E-state index contributed by atoms with van der Waals surface area (Å²) >= 11 is 0. The van der Waals surface area contributed by atoms with Crippen LogP contribution in [0.3, 0.4) is 0 Å². The number of hydrogen-bond donors (Lipinski definition) is 2. The predicted molar refractivity (Wildman–Crippen MR) is 77.7 cm³/mol. The van der Waals surface area contributed by atoms with E-state index in [9.17, 15) is 9.59 Å². The maximum atomic E-state index is 12.4. The summed E-state index contributed by atoms with van der Waals surface area (Å²) in [5.41, 5.74) is 5.75. The van der Waals surface area contributed by atoms with Gasteiger partial charge < -0.3 is 20.5 Å². The van der Waals surface area contributed by atoms with Crippen molar-refractivity contribution in [1.82, 2.24) is 14.8 Å². The van der Waals surface area contributed by atoms with E-state index in [0.717, 1.165) is 39.0 Å². The van der Waals surface area contributed by atoms with Crippen LogP contribution >= 0.6 is 0 Å². The monoisotopic (exact) mass is 278 g/mol. The second-order valence-corrected chi connectivity index (χ2v) is 5.07. The van der Waals surface area contributed by atoms with Crippen LogP contribution in [0.15, 0.2) is 23.1 Å². The molecule has 3 N–H and O–H groups in total.